The van der Waals surface area contributed by atoms with Gasteiger partial charge in [0.1, 0.15) is 42.6 Å². The van der Waals surface area contributed by atoms with Crippen LogP contribution in [0.25, 0.3) is 11.1 Å². The van der Waals surface area contributed by atoms with Crippen molar-refractivity contribution in [3.8, 4) is 45.6 Å². The average Bonchev–Trinajstić information content (AvgIpc) is 3.47. The number of anilines is 1. The van der Waals surface area contributed by atoms with Crippen molar-refractivity contribution in [3.63, 3.8) is 0 Å². The van der Waals surface area contributed by atoms with Crippen LogP contribution in [0.4, 0.5) is 5.69 Å². The molecule has 7 atom stereocenters. The molecule has 7 N–H and O–H groups in total. The lowest BCUT2D eigenvalue weighted by Crippen LogP contribution is -2.71. The second kappa shape index (κ2) is 12.8. The molecule has 1 fully saturated rings. The number of hydrogen-bond donors (Lipinski definition) is 7. The predicted octanol–water partition coefficient (Wildman–Crippen LogP) is 2.72. The highest BCUT2D eigenvalue weighted by molar-refractivity contribution is 5.84. The summed E-state index contributed by atoms with van der Waals surface area (Å²) in [6.07, 6.45) is -6.98. The summed E-state index contributed by atoms with van der Waals surface area (Å²) in [5.74, 6) is -1.22. The Balaban J connectivity index is 1.27. The SMILES string of the molecule is COc1c(OCNCCC(C)C)ccc2c1O[C@H]1c3c(-c4cccc(O)c4)cc4c(c3OC[C@@H]21)NC[C@@]1(O4)O[C@H](C(=O)O)[C@@H](O)[C@H](O)[C@H]1O. The number of rotatable bonds is 9. The van der Waals surface area contributed by atoms with Gasteiger partial charge in [-0.3, -0.25) is 5.32 Å². The van der Waals surface area contributed by atoms with Crippen LogP contribution in [0.1, 0.15) is 43.4 Å². The fourth-order valence-corrected chi connectivity index (χ4v) is 6.94. The van der Waals surface area contributed by atoms with Crippen molar-refractivity contribution in [2.75, 3.05) is 38.9 Å². The van der Waals surface area contributed by atoms with E-state index in [1.54, 1.807) is 31.4 Å². The summed E-state index contributed by atoms with van der Waals surface area (Å²) < 4.78 is 36.9. The molecule has 14 nitrogen and oxygen atoms in total. The molecule has 0 radical (unpaired) electrons. The molecule has 7 rings (SSSR count). The first-order valence-electron chi connectivity index (χ1n) is 16.2. The molecule has 1 saturated heterocycles. The first-order valence-corrected chi connectivity index (χ1v) is 16.2. The number of aliphatic hydroxyl groups excluding tert-OH is 3. The lowest BCUT2D eigenvalue weighted by Gasteiger charge is -2.49. The summed E-state index contributed by atoms with van der Waals surface area (Å²) in [6, 6.07) is 12.1. The molecular weight excluding hydrogens is 640 g/mol. The van der Waals surface area contributed by atoms with Crippen molar-refractivity contribution in [3.05, 3.63) is 53.6 Å². The molecule has 49 heavy (non-hydrogen) atoms. The number of ether oxygens (including phenoxy) is 6. The molecule has 4 aliphatic heterocycles. The minimum atomic E-state index is -2.07. The molecule has 0 aromatic heterocycles. The van der Waals surface area contributed by atoms with E-state index in [9.17, 15) is 30.3 Å². The highest BCUT2D eigenvalue weighted by Gasteiger charge is 2.59. The second-order valence-corrected chi connectivity index (χ2v) is 13.1. The molecule has 4 heterocycles. The maximum Gasteiger partial charge on any atom is 0.335 e. The van der Waals surface area contributed by atoms with Crippen molar-refractivity contribution in [1.29, 1.82) is 0 Å². The Bertz CT molecular complexity index is 1750. The lowest BCUT2D eigenvalue weighted by atomic mass is 9.84. The number of carbonyl (C=O) groups is 1. The van der Waals surface area contributed by atoms with E-state index in [4.69, 9.17) is 28.4 Å². The third-order valence-corrected chi connectivity index (χ3v) is 9.48. The molecule has 0 saturated carbocycles. The number of methoxy groups -OCH3 is 1. The number of aromatic hydroxyl groups is 1. The maximum absolute atomic E-state index is 11.9. The van der Waals surface area contributed by atoms with Crippen molar-refractivity contribution in [1.82, 2.24) is 5.32 Å². The zero-order valence-electron chi connectivity index (χ0n) is 27.2. The molecule has 262 valence electrons. The van der Waals surface area contributed by atoms with Crippen LogP contribution in [0.5, 0.6) is 34.5 Å². The van der Waals surface area contributed by atoms with Crippen molar-refractivity contribution in [2.45, 2.75) is 62.5 Å². The highest BCUT2D eigenvalue weighted by atomic mass is 16.7. The Morgan fingerprint density at radius 1 is 1.12 bits per heavy atom. The Morgan fingerprint density at radius 3 is 2.67 bits per heavy atom. The van der Waals surface area contributed by atoms with E-state index >= 15 is 0 Å². The molecule has 14 heteroatoms. The molecule has 0 bridgehead atoms. The number of aliphatic carboxylic acids is 1. The van der Waals surface area contributed by atoms with Crippen molar-refractivity contribution in [2.24, 2.45) is 5.92 Å². The smallest absolute Gasteiger partial charge is 0.335 e. The molecule has 4 aliphatic rings. The molecule has 3 aromatic rings. The summed E-state index contributed by atoms with van der Waals surface area (Å²) in [6.45, 7) is 5.37. The number of carboxylic acid groups (broad SMARTS) is 1. The van der Waals surface area contributed by atoms with E-state index < -0.39 is 42.3 Å². The summed E-state index contributed by atoms with van der Waals surface area (Å²) in [4.78, 5) is 11.9. The number of carboxylic acids is 1. The average molecular weight is 681 g/mol. The van der Waals surface area contributed by atoms with E-state index in [0.29, 0.717) is 58.0 Å². The normalized spacial score (nSPS) is 27.8. The lowest BCUT2D eigenvalue weighted by molar-refractivity contribution is -0.325. The predicted molar refractivity (Wildman–Crippen MR) is 173 cm³/mol. The zero-order chi connectivity index (χ0) is 34.6. The largest absolute Gasteiger partial charge is 0.508 e. The zero-order valence-corrected chi connectivity index (χ0v) is 27.2. The first kappa shape index (κ1) is 33.0. The molecule has 0 aliphatic carbocycles. The van der Waals surface area contributed by atoms with Gasteiger partial charge in [-0.15, -0.1) is 0 Å². The third kappa shape index (κ3) is 5.63. The van der Waals surface area contributed by atoms with E-state index in [-0.39, 0.29) is 30.6 Å². The van der Waals surface area contributed by atoms with Gasteiger partial charge in [0.2, 0.25) is 5.75 Å². The number of fused-ring (bicyclic) bond motifs is 7. The topological polar surface area (TPSA) is 198 Å². The van der Waals surface area contributed by atoms with Gasteiger partial charge in [-0.1, -0.05) is 32.0 Å². The van der Waals surface area contributed by atoms with Crippen LogP contribution in [0.2, 0.25) is 0 Å². The number of phenolic OH excluding ortho intramolecular Hbond substituents is 1. The minimum Gasteiger partial charge on any atom is -0.508 e. The Kier molecular flexibility index (Phi) is 8.61. The molecule has 0 unspecified atom stereocenters. The standard InChI is InChI=1S/C35H40N2O12/c1-16(2)9-10-36-15-46-22-8-7-19-21-13-45-31-24(28(21)47-29(19)30(22)44-3)20(17-5-4-6-18(38)11-17)12-23-25(31)37-14-35(48-23)33(41)27(40)26(39)32(49-35)34(42)43/h4-8,11-12,16,21,26-28,32-33,36-41H,9-10,13-15H2,1-3H3,(H,42,43)/t21-,26-,27-,28+,32-,33+,35+/m0/s1. The van der Waals surface area contributed by atoms with E-state index in [0.717, 1.165) is 18.5 Å². The molecular formula is C35H40N2O12. The Morgan fingerprint density at radius 2 is 1.94 bits per heavy atom. The maximum atomic E-state index is 11.9. The van der Waals surface area contributed by atoms with Crippen LogP contribution in [0.15, 0.2) is 42.5 Å². The van der Waals surface area contributed by atoms with Gasteiger partial charge in [0.05, 0.1) is 26.2 Å². The summed E-state index contributed by atoms with van der Waals surface area (Å²) >= 11 is 0. The van der Waals surface area contributed by atoms with Crippen molar-refractivity contribution >= 4 is 11.7 Å². The minimum absolute atomic E-state index is 0.0151. The number of nitrogens with one attached hydrogen (secondary N) is 2. The van der Waals surface area contributed by atoms with Crippen LogP contribution >= 0.6 is 0 Å². The van der Waals surface area contributed by atoms with E-state index in [1.165, 1.54) is 6.07 Å². The third-order valence-electron chi connectivity index (χ3n) is 9.48. The number of phenols is 1. The monoisotopic (exact) mass is 680 g/mol. The number of benzene rings is 3. The van der Waals surface area contributed by atoms with E-state index in [1.807, 2.05) is 12.1 Å². The van der Waals surface area contributed by atoms with E-state index in [2.05, 4.69) is 24.5 Å². The second-order valence-electron chi connectivity index (χ2n) is 13.1. The first-order chi connectivity index (χ1) is 23.5. The van der Waals surface area contributed by atoms with Crippen molar-refractivity contribution < 1.29 is 58.7 Å². The Labute approximate surface area is 282 Å². The number of hydrogen-bond acceptors (Lipinski definition) is 13. The van der Waals surface area contributed by atoms with Crippen LogP contribution in [-0.4, -0.2) is 95.2 Å². The summed E-state index contributed by atoms with van der Waals surface area (Å²) in [7, 11) is 1.56. The summed E-state index contributed by atoms with van der Waals surface area (Å²) in [5, 5.41) is 58.4. The van der Waals surface area contributed by atoms with Gasteiger partial charge in [-0.05, 0) is 54.3 Å². The van der Waals surface area contributed by atoms with Gasteiger partial charge in [-0.2, -0.15) is 0 Å². The summed E-state index contributed by atoms with van der Waals surface area (Å²) in [5.41, 5.74) is 3.10. The van der Waals surface area contributed by atoms with Gasteiger partial charge in [0, 0.05) is 11.1 Å². The molecule has 1 spiro atoms. The fraction of sp³-hybridized carbons (Fsp3) is 0.457. The van der Waals surface area contributed by atoms with Crippen LogP contribution in [0, 0.1) is 5.92 Å². The van der Waals surface area contributed by atoms with Gasteiger partial charge in [0.25, 0.3) is 5.79 Å². The van der Waals surface area contributed by atoms with Crippen LogP contribution in [-0.2, 0) is 9.53 Å². The quantitative estimate of drug-likeness (QED) is 0.129. The fourth-order valence-electron chi connectivity index (χ4n) is 6.94. The Hall–Kier alpha value is -4.47. The molecule has 0 amide bonds. The highest BCUT2D eigenvalue weighted by Crippen LogP contribution is 2.61. The van der Waals surface area contributed by atoms with Gasteiger partial charge >= 0.3 is 5.97 Å². The van der Waals surface area contributed by atoms with Crippen LogP contribution in [0.3, 0.4) is 0 Å². The number of aliphatic hydroxyl groups is 3. The van der Waals surface area contributed by atoms with Crippen LogP contribution < -0.4 is 34.3 Å². The van der Waals surface area contributed by atoms with Gasteiger partial charge in [-0.25, -0.2) is 4.79 Å². The van der Waals surface area contributed by atoms with Gasteiger partial charge < -0.3 is 59.3 Å². The van der Waals surface area contributed by atoms with Gasteiger partial charge in [0.15, 0.2) is 29.1 Å². The molecule has 3 aromatic carbocycles.